The molecule has 2 aromatic carbocycles. The molecule has 3 rings (SSSR count). The number of fused-ring (bicyclic) bond motifs is 1. The zero-order valence-corrected chi connectivity index (χ0v) is 15.0. The van der Waals surface area contributed by atoms with Crippen molar-refractivity contribution in [3.8, 4) is 0 Å². The molecule has 0 saturated carbocycles. The lowest BCUT2D eigenvalue weighted by Gasteiger charge is -2.10. The van der Waals surface area contributed by atoms with E-state index in [0.29, 0.717) is 27.7 Å². The van der Waals surface area contributed by atoms with Gasteiger partial charge in [0.2, 0.25) is 0 Å². The molecule has 0 spiro atoms. The summed E-state index contributed by atoms with van der Waals surface area (Å²) in [5.74, 6) is 0.192. The summed E-state index contributed by atoms with van der Waals surface area (Å²) in [6, 6.07) is 9.14. The average Bonchev–Trinajstić information content (AvgIpc) is 2.52. The van der Waals surface area contributed by atoms with Crippen LogP contribution in [0.4, 0.5) is 10.2 Å². The zero-order valence-electron chi connectivity index (χ0n) is 12.6. The highest BCUT2D eigenvalue weighted by Crippen LogP contribution is 2.24. The van der Waals surface area contributed by atoms with Gasteiger partial charge in [0.25, 0.3) is 0 Å². The van der Waals surface area contributed by atoms with Gasteiger partial charge in [-0.3, -0.25) is 0 Å². The van der Waals surface area contributed by atoms with Gasteiger partial charge in [0.15, 0.2) is 9.84 Å². The van der Waals surface area contributed by atoms with Crippen LogP contribution < -0.4 is 5.32 Å². The number of rotatable bonds is 4. The van der Waals surface area contributed by atoms with Gasteiger partial charge in [-0.2, -0.15) is 0 Å². The van der Waals surface area contributed by atoms with Crippen LogP contribution in [0.1, 0.15) is 5.56 Å². The highest BCUT2D eigenvalue weighted by molar-refractivity contribution is 9.10. The van der Waals surface area contributed by atoms with Crippen LogP contribution in [0.5, 0.6) is 0 Å². The molecule has 1 N–H and O–H groups in total. The lowest BCUT2D eigenvalue weighted by molar-refractivity contribution is 0.602. The van der Waals surface area contributed by atoms with E-state index < -0.39 is 9.84 Å². The number of benzene rings is 2. The number of sulfone groups is 1. The fraction of sp³-hybridized carbons (Fsp3) is 0.125. The summed E-state index contributed by atoms with van der Waals surface area (Å²) in [6.45, 7) is 0.399. The van der Waals surface area contributed by atoms with Crippen LogP contribution in [-0.4, -0.2) is 24.6 Å². The van der Waals surface area contributed by atoms with E-state index in [1.54, 1.807) is 18.2 Å². The van der Waals surface area contributed by atoms with E-state index in [4.69, 9.17) is 0 Å². The predicted molar refractivity (Wildman–Crippen MR) is 94.1 cm³/mol. The van der Waals surface area contributed by atoms with Gasteiger partial charge in [-0.1, -0.05) is 22.0 Å². The standard InChI is InChI=1S/C16H13BrFN3O2S/c1-24(22,23)12-4-5-15-13(7-12)16(21-9-20-15)19-8-10-2-3-11(18)6-14(10)17/h2-7,9H,8H2,1H3,(H,19,20,21). The molecule has 0 aliphatic rings. The van der Waals surface area contributed by atoms with Gasteiger partial charge in [-0.05, 0) is 35.9 Å². The van der Waals surface area contributed by atoms with Crippen LogP contribution in [0.25, 0.3) is 10.9 Å². The SMILES string of the molecule is CS(=O)(=O)c1ccc2ncnc(NCc3ccc(F)cc3Br)c2c1. The third-order valence-electron chi connectivity index (χ3n) is 3.50. The van der Waals surface area contributed by atoms with Crippen LogP contribution >= 0.6 is 15.9 Å². The summed E-state index contributed by atoms with van der Waals surface area (Å²) in [5, 5.41) is 3.75. The number of aromatic nitrogens is 2. The molecule has 124 valence electrons. The molecule has 1 aromatic heterocycles. The van der Waals surface area contributed by atoms with E-state index >= 15 is 0 Å². The Kier molecular flexibility index (Phi) is 4.51. The first kappa shape index (κ1) is 16.8. The zero-order chi connectivity index (χ0) is 17.3. The molecule has 1 heterocycles. The number of hydrogen-bond donors (Lipinski definition) is 1. The van der Waals surface area contributed by atoms with Gasteiger partial charge in [0.1, 0.15) is 18.0 Å². The first-order valence-corrected chi connectivity index (χ1v) is 9.65. The van der Waals surface area contributed by atoms with Gasteiger partial charge in [-0.15, -0.1) is 0 Å². The molecular formula is C16H13BrFN3O2S. The van der Waals surface area contributed by atoms with E-state index in [1.165, 1.54) is 24.5 Å². The van der Waals surface area contributed by atoms with Gasteiger partial charge in [0, 0.05) is 22.7 Å². The fourth-order valence-electron chi connectivity index (χ4n) is 2.25. The number of halogens is 2. The third kappa shape index (κ3) is 3.54. The fourth-order valence-corrected chi connectivity index (χ4v) is 3.39. The quantitative estimate of drug-likeness (QED) is 0.713. The van der Waals surface area contributed by atoms with E-state index in [1.807, 2.05) is 0 Å². The molecule has 0 fully saturated rings. The monoisotopic (exact) mass is 409 g/mol. The number of nitrogens with zero attached hydrogens (tertiary/aromatic N) is 2. The van der Waals surface area contributed by atoms with Crippen LogP contribution in [-0.2, 0) is 16.4 Å². The largest absolute Gasteiger partial charge is 0.365 e. The van der Waals surface area contributed by atoms with E-state index in [0.717, 1.165) is 11.8 Å². The Morgan fingerprint density at radius 3 is 2.67 bits per heavy atom. The molecule has 0 saturated heterocycles. The van der Waals surface area contributed by atoms with Crippen molar-refractivity contribution < 1.29 is 12.8 Å². The van der Waals surface area contributed by atoms with E-state index in [-0.39, 0.29) is 10.7 Å². The van der Waals surface area contributed by atoms with Crippen LogP contribution in [0.15, 0.2) is 52.1 Å². The smallest absolute Gasteiger partial charge is 0.175 e. The molecule has 3 aromatic rings. The Labute approximate surface area is 147 Å². The van der Waals surface area contributed by atoms with Crippen LogP contribution in [0, 0.1) is 5.82 Å². The third-order valence-corrected chi connectivity index (χ3v) is 5.34. The molecular weight excluding hydrogens is 397 g/mol. The summed E-state index contributed by atoms with van der Waals surface area (Å²) >= 11 is 3.32. The maximum Gasteiger partial charge on any atom is 0.175 e. The first-order valence-electron chi connectivity index (χ1n) is 6.97. The Morgan fingerprint density at radius 2 is 1.96 bits per heavy atom. The maximum absolute atomic E-state index is 13.1. The second kappa shape index (κ2) is 6.45. The summed E-state index contributed by atoms with van der Waals surface area (Å²) < 4.78 is 37.3. The lowest BCUT2D eigenvalue weighted by atomic mass is 10.2. The van der Waals surface area contributed by atoms with Gasteiger partial charge < -0.3 is 5.32 Å². The molecule has 0 amide bonds. The maximum atomic E-state index is 13.1. The van der Waals surface area contributed by atoms with Crippen molar-refractivity contribution >= 4 is 42.5 Å². The van der Waals surface area contributed by atoms with Crippen molar-refractivity contribution in [1.82, 2.24) is 9.97 Å². The topological polar surface area (TPSA) is 72.0 Å². The molecule has 8 heteroatoms. The average molecular weight is 410 g/mol. The Bertz CT molecular complexity index is 1030. The highest BCUT2D eigenvalue weighted by atomic mass is 79.9. The Balaban J connectivity index is 1.97. The highest BCUT2D eigenvalue weighted by Gasteiger charge is 2.11. The predicted octanol–water partition coefficient (Wildman–Crippen LogP) is 3.55. The van der Waals surface area contributed by atoms with E-state index in [9.17, 15) is 12.8 Å². The minimum Gasteiger partial charge on any atom is -0.365 e. The van der Waals surface area contributed by atoms with Gasteiger partial charge >= 0.3 is 0 Å². The molecule has 0 aliphatic carbocycles. The summed E-state index contributed by atoms with van der Waals surface area (Å²) in [5.41, 5.74) is 1.49. The number of hydrogen-bond acceptors (Lipinski definition) is 5. The van der Waals surface area contributed by atoms with Crippen molar-refractivity contribution in [2.24, 2.45) is 0 Å². The van der Waals surface area contributed by atoms with Crippen molar-refractivity contribution in [3.63, 3.8) is 0 Å². The van der Waals surface area contributed by atoms with Crippen molar-refractivity contribution in [2.75, 3.05) is 11.6 Å². The Morgan fingerprint density at radius 1 is 1.17 bits per heavy atom. The number of nitrogens with one attached hydrogen (secondary N) is 1. The van der Waals surface area contributed by atoms with Crippen molar-refractivity contribution in [2.45, 2.75) is 11.4 Å². The van der Waals surface area contributed by atoms with Crippen molar-refractivity contribution in [3.05, 3.63) is 58.6 Å². The molecule has 0 aliphatic heterocycles. The summed E-state index contributed by atoms with van der Waals surface area (Å²) in [6.07, 6.45) is 2.56. The first-order chi connectivity index (χ1) is 11.3. The molecule has 24 heavy (non-hydrogen) atoms. The van der Waals surface area contributed by atoms with Gasteiger partial charge in [0.05, 0.1) is 10.4 Å². The second-order valence-corrected chi connectivity index (χ2v) is 8.13. The summed E-state index contributed by atoms with van der Waals surface area (Å²) in [7, 11) is -3.32. The minimum atomic E-state index is -3.32. The molecule has 0 radical (unpaired) electrons. The molecule has 0 unspecified atom stereocenters. The summed E-state index contributed by atoms with van der Waals surface area (Å²) in [4.78, 5) is 8.53. The van der Waals surface area contributed by atoms with Crippen molar-refractivity contribution in [1.29, 1.82) is 0 Å². The normalized spacial score (nSPS) is 11.6. The molecule has 0 bridgehead atoms. The number of anilines is 1. The van der Waals surface area contributed by atoms with Gasteiger partial charge in [-0.25, -0.2) is 22.8 Å². The minimum absolute atomic E-state index is 0.204. The van der Waals surface area contributed by atoms with Crippen LogP contribution in [0.2, 0.25) is 0 Å². The van der Waals surface area contributed by atoms with E-state index in [2.05, 4.69) is 31.2 Å². The Hall–Kier alpha value is -2.06. The molecule has 5 nitrogen and oxygen atoms in total. The second-order valence-electron chi connectivity index (χ2n) is 5.26. The van der Waals surface area contributed by atoms with Crippen LogP contribution in [0.3, 0.4) is 0 Å². The lowest BCUT2D eigenvalue weighted by Crippen LogP contribution is -2.04. The molecule has 0 atom stereocenters.